The van der Waals surface area contributed by atoms with Gasteiger partial charge in [-0.1, -0.05) is 98.1 Å². The zero-order valence-electron chi connectivity index (χ0n) is 36.1. The number of amides is 2. The lowest BCUT2D eigenvalue weighted by atomic mass is 9.72. The van der Waals surface area contributed by atoms with Crippen molar-refractivity contribution in [2.45, 2.75) is 88.4 Å². The number of benzene rings is 4. The van der Waals surface area contributed by atoms with Crippen molar-refractivity contribution in [3.63, 3.8) is 0 Å². The number of rotatable bonds is 18. The van der Waals surface area contributed by atoms with E-state index >= 15 is 0 Å². The van der Waals surface area contributed by atoms with Gasteiger partial charge in [-0.3, -0.25) is 19.2 Å². The molecule has 1 saturated carbocycles. The summed E-state index contributed by atoms with van der Waals surface area (Å²) in [5.41, 5.74) is 9.32. The Morgan fingerprint density at radius 3 is 2.27 bits per heavy atom. The molecule has 12 heteroatoms. The van der Waals surface area contributed by atoms with Gasteiger partial charge in [-0.05, 0) is 97.5 Å². The van der Waals surface area contributed by atoms with E-state index in [0.29, 0.717) is 93.8 Å². The fourth-order valence-electron chi connectivity index (χ4n) is 9.35. The molecular weight excluding hydrogens is 795 g/mol. The van der Waals surface area contributed by atoms with Crippen molar-refractivity contribution < 1.29 is 29.3 Å². The molecule has 0 radical (unpaired) electrons. The minimum atomic E-state index is -0.884. The molecule has 2 atom stereocenters. The number of nitrogens with zero attached hydrogens (tertiary/aromatic N) is 2. The smallest absolute Gasteiger partial charge is 0.317 e. The summed E-state index contributed by atoms with van der Waals surface area (Å²) in [7, 11) is 0. The van der Waals surface area contributed by atoms with Crippen LogP contribution in [0.4, 0.5) is 0 Å². The molecule has 1 saturated heterocycles. The first-order valence-corrected chi connectivity index (χ1v) is 22.6. The van der Waals surface area contributed by atoms with Crippen LogP contribution in [0, 0.1) is 5.92 Å². The van der Waals surface area contributed by atoms with Crippen LogP contribution < -0.4 is 16.6 Å². The molecule has 0 unspecified atom stereocenters. The highest BCUT2D eigenvalue weighted by Crippen LogP contribution is 2.39. The molecule has 0 bridgehead atoms. The molecule has 1 aliphatic heterocycles. The van der Waals surface area contributed by atoms with E-state index < -0.39 is 11.5 Å². The summed E-state index contributed by atoms with van der Waals surface area (Å²) in [4.78, 5) is 59.7. The van der Waals surface area contributed by atoms with Crippen molar-refractivity contribution in [1.29, 1.82) is 0 Å². The normalized spacial score (nSPS) is 16.3. The first kappa shape index (κ1) is 45.2. The number of pyridine rings is 1. The van der Waals surface area contributed by atoms with Crippen molar-refractivity contribution in [3.8, 4) is 5.75 Å². The third-order valence-corrected chi connectivity index (χ3v) is 13.1. The topological polar surface area (TPSA) is 178 Å². The van der Waals surface area contributed by atoms with Gasteiger partial charge in [-0.2, -0.15) is 0 Å². The van der Waals surface area contributed by atoms with Crippen molar-refractivity contribution >= 4 is 28.7 Å². The Morgan fingerprint density at radius 1 is 0.873 bits per heavy atom. The summed E-state index contributed by atoms with van der Waals surface area (Å²) in [6, 6.07) is 33.2. The Hall–Kier alpha value is -5.82. The van der Waals surface area contributed by atoms with Crippen molar-refractivity contribution in [1.82, 2.24) is 20.1 Å². The van der Waals surface area contributed by atoms with E-state index in [1.807, 2.05) is 94.7 Å². The largest absolute Gasteiger partial charge is 0.506 e. The molecule has 1 aromatic heterocycles. The lowest BCUT2D eigenvalue weighted by molar-refractivity contribution is -0.162. The van der Waals surface area contributed by atoms with Gasteiger partial charge in [-0.25, -0.2) is 0 Å². The number of aryl methyl sites for hydroxylation is 1. The molecule has 332 valence electrons. The second-order valence-electron chi connectivity index (χ2n) is 17.2. The standard InChI is InChI=1S/C51H61N5O7/c52-33-45(38-13-6-2-7-14-38)63-50(62)51(40-15-8-3-9-16-40)27-31-55(32-28-51)47(60)26-19-36-17-20-39(21-18-36)49(61)56(35-37-11-4-1-5-12-37)30-10-29-53-34-44(58)41-22-24-43(57)48-42(41)23-25-46(59)54-48/h1,3-5,8-9,11-12,15-18,20-25,38,44-45,53,57-58H,2,6-7,10,13-14,19,26-35,52H2,(H,54,59)/t44-,45-/m0/s1. The van der Waals surface area contributed by atoms with Crippen molar-refractivity contribution in [2.24, 2.45) is 11.7 Å². The summed E-state index contributed by atoms with van der Waals surface area (Å²) < 4.78 is 6.26. The van der Waals surface area contributed by atoms with Crippen LogP contribution in [-0.4, -0.2) is 88.2 Å². The Morgan fingerprint density at radius 2 is 1.57 bits per heavy atom. The molecule has 4 aromatic carbocycles. The number of nitrogens with one attached hydrogen (secondary N) is 2. The summed E-state index contributed by atoms with van der Waals surface area (Å²) in [5, 5.41) is 25.0. The monoisotopic (exact) mass is 855 g/mol. The van der Waals surface area contributed by atoms with Crippen molar-refractivity contribution in [2.75, 3.05) is 39.3 Å². The number of phenolic OH excluding ortho intramolecular Hbond substituents is 1. The molecular formula is C51H61N5O7. The van der Waals surface area contributed by atoms with E-state index in [2.05, 4.69) is 10.3 Å². The lowest BCUT2D eigenvalue weighted by Crippen LogP contribution is -2.51. The number of likely N-dealkylation sites (tertiary alicyclic amines) is 1. The molecule has 5 aromatic rings. The number of aromatic hydroxyl groups is 1. The number of aliphatic hydroxyl groups is 1. The summed E-state index contributed by atoms with van der Waals surface area (Å²) in [5.74, 6) is -0.0633. The average Bonchev–Trinajstić information content (AvgIpc) is 3.33. The number of fused-ring (bicyclic) bond motifs is 1. The third-order valence-electron chi connectivity index (χ3n) is 13.1. The zero-order valence-corrected chi connectivity index (χ0v) is 36.1. The van der Waals surface area contributed by atoms with Gasteiger partial charge in [0.2, 0.25) is 11.5 Å². The predicted molar refractivity (Wildman–Crippen MR) is 244 cm³/mol. The van der Waals surface area contributed by atoms with Crippen LogP contribution in [0.25, 0.3) is 10.9 Å². The molecule has 0 spiro atoms. The number of ether oxygens (including phenoxy) is 1. The second kappa shape index (κ2) is 21.5. The number of esters is 1. The summed E-state index contributed by atoms with van der Waals surface area (Å²) >= 11 is 0. The van der Waals surface area contributed by atoms with E-state index in [9.17, 15) is 29.4 Å². The van der Waals surface area contributed by atoms with E-state index in [4.69, 9.17) is 10.5 Å². The molecule has 2 aliphatic rings. The second-order valence-corrected chi connectivity index (χ2v) is 17.2. The zero-order chi connectivity index (χ0) is 44.2. The predicted octanol–water partition coefficient (Wildman–Crippen LogP) is 6.53. The minimum absolute atomic E-state index is 0.0372. The maximum absolute atomic E-state index is 14.1. The maximum Gasteiger partial charge on any atom is 0.317 e. The number of carbonyl (C=O) groups is 3. The van der Waals surface area contributed by atoms with Crippen LogP contribution in [0.1, 0.15) is 96.5 Å². The number of aliphatic hydroxyl groups excluding tert-OH is 1. The molecule has 2 heterocycles. The van der Waals surface area contributed by atoms with E-state index in [-0.39, 0.29) is 47.3 Å². The summed E-state index contributed by atoms with van der Waals surface area (Å²) in [6.07, 6.45) is 6.82. The number of hydrogen-bond donors (Lipinski definition) is 5. The number of carbonyl (C=O) groups excluding carboxylic acids is 3. The third kappa shape index (κ3) is 11.2. The number of nitrogens with two attached hydrogens (primary N) is 1. The van der Waals surface area contributed by atoms with E-state index in [1.54, 1.807) is 12.1 Å². The first-order valence-electron chi connectivity index (χ1n) is 22.6. The first-order chi connectivity index (χ1) is 30.6. The van der Waals surface area contributed by atoms with Crippen molar-refractivity contribution in [3.05, 3.63) is 147 Å². The molecule has 2 fully saturated rings. The van der Waals surface area contributed by atoms with Crippen LogP contribution in [0.2, 0.25) is 0 Å². The quantitative estimate of drug-likeness (QED) is 0.0484. The Bertz CT molecular complexity index is 2340. The highest BCUT2D eigenvalue weighted by atomic mass is 16.5. The molecule has 1 aliphatic carbocycles. The number of H-pyrrole nitrogens is 1. The van der Waals surface area contributed by atoms with Gasteiger partial charge in [0.25, 0.3) is 5.91 Å². The highest BCUT2D eigenvalue weighted by molar-refractivity contribution is 5.94. The van der Waals surface area contributed by atoms with Crippen LogP contribution in [0.3, 0.4) is 0 Å². The summed E-state index contributed by atoms with van der Waals surface area (Å²) in [6.45, 7) is 2.92. The number of aromatic nitrogens is 1. The lowest BCUT2D eigenvalue weighted by Gasteiger charge is -2.41. The van der Waals surface area contributed by atoms with Gasteiger partial charge in [0, 0.05) is 62.7 Å². The highest BCUT2D eigenvalue weighted by Gasteiger charge is 2.46. The van der Waals surface area contributed by atoms with Crippen LogP contribution in [0.15, 0.2) is 114 Å². The van der Waals surface area contributed by atoms with E-state index in [0.717, 1.165) is 42.4 Å². The molecule has 12 nitrogen and oxygen atoms in total. The van der Waals surface area contributed by atoms with Crippen LogP contribution in [-0.2, 0) is 32.7 Å². The fourth-order valence-corrected chi connectivity index (χ4v) is 9.35. The van der Waals surface area contributed by atoms with Gasteiger partial charge >= 0.3 is 5.97 Å². The maximum atomic E-state index is 14.1. The Balaban J connectivity index is 0.915. The number of piperidine rings is 1. The van der Waals surface area contributed by atoms with Crippen LogP contribution >= 0.6 is 0 Å². The molecule has 2 amide bonds. The minimum Gasteiger partial charge on any atom is -0.506 e. The number of aromatic amines is 1. The fraction of sp³-hybridized carbons (Fsp3) is 0.412. The molecule has 63 heavy (non-hydrogen) atoms. The van der Waals surface area contributed by atoms with Gasteiger partial charge in [0.1, 0.15) is 11.9 Å². The number of hydrogen-bond acceptors (Lipinski definition) is 9. The average molecular weight is 856 g/mol. The number of phenols is 1. The van der Waals surface area contributed by atoms with Crippen LogP contribution in [0.5, 0.6) is 5.75 Å². The Kier molecular flexibility index (Phi) is 15.4. The van der Waals surface area contributed by atoms with Gasteiger partial charge < -0.3 is 40.8 Å². The van der Waals surface area contributed by atoms with Gasteiger partial charge in [0.05, 0.1) is 17.0 Å². The molecule has 6 N–H and O–H groups in total. The van der Waals surface area contributed by atoms with E-state index in [1.165, 1.54) is 18.6 Å². The SMILES string of the molecule is NC[C@H](OC(=O)C1(c2ccccc2)CCN(C(=O)CCc2ccc(C(=O)N(CCCNC[C@H](O)c3ccc(O)c4[nH]c(=O)ccc34)Cc3ccccc3)cc2)CC1)C1CCCCC1. The Labute approximate surface area is 369 Å². The van der Waals surface area contributed by atoms with Gasteiger partial charge in [-0.15, -0.1) is 0 Å². The molecule has 7 rings (SSSR count). The van der Waals surface area contributed by atoms with Gasteiger partial charge in [0.15, 0.2) is 0 Å².